The first-order valence-electron chi connectivity index (χ1n) is 9.43. The zero-order valence-electron chi connectivity index (χ0n) is 15.8. The molecule has 7 heteroatoms. The highest BCUT2D eigenvalue weighted by Gasteiger charge is 2.51. The number of carbonyl (C=O) groups excluding carboxylic acids is 1. The molecule has 0 unspecified atom stereocenters. The minimum Gasteiger partial charge on any atom is -0.454 e. The molecule has 2 aliphatic rings. The Morgan fingerprint density at radius 3 is 2.69 bits per heavy atom. The van der Waals surface area contributed by atoms with Crippen molar-refractivity contribution >= 4 is 11.7 Å². The van der Waals surface area contributed by atoms with Crippen LogP contribution in [-0.2, 0) is 10.2 Å². The van der Waals surface area contributed by atoms with Crippen molar-refractivity contribution in [2.24, 2.45) is 0 Å². The topological polar surface area (TPSA) is 93.3 Å². The molecule has 29 heavy (non-hydrogen) atoms. The molecule has 7 nitrogen and oxygen atoms in total. The summed E-state index contributed by atoms with van der Waals surface area (Å²) in [7, 11) is 0. The Kier molecular flexibility index (Phi) is 3.91. The highest BCUT2D eigenvalue weighted by Crippen LogP contribution is 2.51. The molecule has 1 aliphatic heterocycles. The van der Waals surface area contributed by atoms with Crippen molar-refractivity contribution in [3.8, 4) is 22.8 Å². The third-order valence-corrected chi connectivity index (χ3v) is 5.51. The molecule has 0 atom stereocenters. The molecule has 5 rings (SSSR count). The minimum atomic E-state index is -0.564. The molecule has 0 radical (unpaired) electrons. The van der Waals surface area contributed by atoms with Crippen LogP contribution in [0.4, 0.5) is 5.82 Å². The SMILES string of the molecule is Cc1ccc(NC(=O)C2(c3ccc4c(c3)OCO4)CC2)nc1-c1ccc(=O)[nH]c1. The molecule has 3 heterocycles. The summed E-state index contributed by atoms with van der Waals surface area (Å²) in [5, 5.41) is 2.97. The van der Waals surface area contributed by atoms with Crippen LogP contribution in [0.3, 0.4) is 0 Å². The molecule has 1 aromatic carbocycles. The lowest BCUT2D eigenvalue weighted by Gasteiger charge is -2.17. The maximum atomic E-state index is 13.1. The van der Waals surface area contributed by atoms with Gasteiger partial charge < -0.3 is 19.8 Å². The van der Waals surface area contributed by atoms with Crippen LogP contribution in [0.25, 0.3) is 11.3 Å². The van der Waals surface area contributed by atoms with E-state index in [1.54, 1.807) is 18.3 Å². The van der Waals surface area contributed by atoms with Gasteiger partial charge in [-0.2, -0.15) is 0 Å². The van der Waals surface area contributed by atoms with E-state index in [4.69, 9.17) is 9.47 Å². The van der Waals surface area contributed by atoms with Crippen LogP contribution in [0.2, 0.25) is 0 Å². The quantitative estimate of drug-likeness (QED) is 0.715. The molecule has 146 valence electrons. The Bertz CT molecular complexity index is 1160. The lowest BCUT2D eigenvalue weighted by molar-refractivity contribution is -0.118. The Balaban J connectivity index is 1.41. The largest absolute Gasteiger partial charge is 0.454 e. The maximum absolute atomic E-state index is 13.1. The van der Waals surface area contributed by atoms with Gasteiger partial charge in [-0.25, -0.2) is 4.98 Å². The number of benzene rings is 1. The van der Waals surface area contributed by atoms with E-state index >= 15 is 0 Å². The van der Waals surface area contributed by atoms with Crippen LogP contribution < -0.4 is 20.3 Å². The summed E-state index contributed by atoms with van der Waals surface area (Å²) in [6, 6.07) is 12.5. The van der Waals surface area contributed by atoms with Gasteiger partial charge in [0.05, 0.1) is 11.1 Å². The molecule has 0 bridgehead atoms. The first-order valence-corrected chi connectivity index (χ1v) is 9.43. The lowest BCUT2D eigenvalue weighted by atomic mass is 9.94. The number of aromatic nitrogens is 2. The van der Waals surface area contributed by atoms with Gasteiger partial charge in [0.2, 0.25) is 18.3 Å². The fourth-order valence-corrected chi connectivity index (χ4v) is 3.65. The number of hydrogen-bond acceptors (Lipinski definition) is 5. The Hall–Kier alpha value is -3.61. The summed E-state index contributed by atoms with van der Waals surface area (Å²) >= 11 is 0. The van der Waals surface area contributed by atoms with Gasteiger partial charge in [0.15, 0.2) is 11.5 Å². The van der Waals surface area contributed by atoms with Crippen molar-refractivity contribution in [1.82, 2.24) is 9.97 Å². The van der Waals surface area contributed by atoms with E-state index in [1.807, 2.05) is 31.2 Å². The molecule has 0 saturated heterocycles. The minimum absolute atomic E-state index is 0.0832. The second-order valence-electron chi connectivity index (χ2n) is 7.41. The predicted molar refractivity (Wildman–Crippen MR) is 107 cm³/mol. The van der Waals surface area contributed by atoms with Crippen LogP contribution in [-0.4, -0.2) is 22.7 Å². The number of carbonyl (C=O) groups is 1. The van der Waals surface area contributed by atoms with Gasteiger partial charge in [0.1, 0.15) is 5.82 Å². The van der Waals surface area contributed by atoms with Crippen LogP contribution in [0.5, 0.6) is 11.5 Å². The number of nitrogens with zero attached hydrogens (tertiary/aromatic N) is 1. The van der Waals surface area contributed by atoms with E-state index in [-0.39, 0.29) is 18.3 Å². The average Bonchev–Trinajstić information content (AvgIpc) is 3.41. The van der Waals surface area contributed by atoms with Crippen LogP contribution in [0, 0.1) is 6.92 Å². The number of anilines is 1. The number of aryl methyl sites for hydroxylation is 1. The zero-order valence-corrected chi connectivity index (χ0v) is 15.8. The summed E-state index contributed by atoms with van der Waals surface area (Å²) in [6.07, 6.45) is 3.17. The summed E-state index contributed by atoms with van der Waals surface area (Å²) in [6.45, 7) is 2.15. The second kappa shape index (κ2) is 6.48. The Morgan fingerprint density at radius 2 is 1.93 bits per heavy atom. The van der Waals surface area contributed by atoms with Crippen LogP contribution >= 0.6 is 0 Å². The third-order valence-electron chi connectivity index (χ3n) is 5.51. The van der Waals surface area contributed by atoms with Crippen LogP contribution in [0.1, 0.15) is 24.0 Å². The number of hydrogen-bond donors (Lipinski definition) is 2. The van der Waals surface area contributed by atoms with Crippen molar-refractivity contribution in [2.45, 2.75) is 25.2 Å². The molecule has 1 saturated carbocycles. The summed E-state index contributed by atoms with van der Waals surface area (Å²) in [5.41, 5.74) is 2.64. The molecular formula is C22H19N3O4. The van der Waals surface area contributed by atoms with E-state index in [9.17, 15) is 9.59 Å². The fraction of sp³-hybridized carbons (Fsp3) is 0.227. The summed E-state index contributed by atoms with van der Waals surface area (Å²) in [4.78, 5) is 31.7. The lowest BCUT2D eigenvalue weighted by Crippen LogP contribution is -2.28. The predicted octanol–water partition coefficient (Wildman–Crippen LogP) is 3.14. The molecule has 3 aromatic rings. The second-order valence-corrected chi connectivity index (χ2v) is 7.41. The molecule has 1 aliphatic carbocycles. The van der Waals surface area contributed by atoms with Gasteiger partial charge in [-0.15, -0.1) is 0 Å². The number of nitrogens with one attached hydrogen (secondary N) is 2. The van der Waals surface area contributed by atoms with Gasteiger partial charge in [0.25, 0.3) is 0 Å². The maximum Gasteiger partial charge on any atom is 0.247 e. The Morgan fingerprint density at radius 1 is 1.10 bits per heavy atom. The van der Waals surface area contributed by atoms with Crippen LogP contribution in [0.15, 0.2) is 53.5 Å². The Labute approximate surface area is 166 Å². The molecular weight excluding hydrogens is 370 g/mol. The van der Waals surface area contributed by atoms with E-state index in [1.165, 1.54) is 6.07 Å². The van der Waals surface area contributed by atoms with Gasteiger partial charge in [-0.3, -0.25) is 9.59 Å². The summed E-state index contributed by atoms with van der Waals surface area (Å²) < 4.78 is 10.8. The molecule has 1 fully saturated rings. The van der Waals surface area contributed by atoms with Gasteiger partial charge in [-0.1, -0.05) is 12.1 Å². The van der Waals surface area contributed by atoms with Crippen molar-refractivity contribution in [3.63, 3.8) is 0 Å². The highest BCUT2D eigenvalue weighted by molar-refractivity contribution is 6.01. The van der Waals surface area contributed by atoms with Crippen molar-refractivity contribution in [3.05, 3.63) is 70.1 Å². The van der Waals surface area contributed by atoms with E-state index in [0.717, 1.165) is 29.5 Å². The van der Waals surface area contributed by atoms with Gasteiger partial charge in [0, 0.05) is 17.8 Å². The van der Waals surface area contributed by atoms with Gasteiger partial charge >= 0.3 is 0 Å². The smallest absolute Gasteiger partial charge is 0.247 e. The normalized spacial score (nSPS) is 15.8. The fourth-order valence-electron chi connectivity index (χ4n) is 3.65. The summed E-state index contributed by atoms with van der Waals surface area (Å²) in [5.74, 6) is 1.78. The molecule has 1 amide bonds. The molecule has 2 aromatic heterocycles. The number of fused-ring (bicyclic) bond motifs is 1. The van der Waals surface area contributed by atoms with Crippen molar-refractivity contribution in [2.75, 3.05) is 12.1 Å². The molecule has 0 spiro atoms. The first kappa shape index (κ1) is 17.5. The zero-order chi connectivity index (χ0) is 20.0. The first-order chi connectivity index (χ1) is 14.0. The van der Waals surface area contributed by atoms with E-state index in [0.29, 0.717) is 23.0 Å². The van der Waals surface area contributed by atoms with E-state index in [2.05, 4.69) is 15.3 Å². The van der Waals surface area contributed by atoms with Gasteiger partial charge in [-0.05, 0) is 55.2 Å². The number of ether oxygens (including phenoxy) is 2. The standard InChI is InChI=1S/C22H19N3O4/c1-13-2-6-18(24-20(13)14-3-7-19(26)23-11-14)25-21(27)22(8-9-22)15-4-5-16-17(10-15)29-12-28-16/h2-7,10-11H,8-9,12H2,1H3,(H,23,26)(H,24,25,27). The molecule has 2 N–H and O–H groups in total. The number of aromatic amines is 1. The average molecular weight is 389 g/mol. The monoisotopic (exact) mass is 389 g/mol. The number of amides is 1. The third kappa shape index (κ3) is 3.04. The van der Waals surface area contributed by atoms with E-state index < -0.39 is 5.41 Å². The van der Waals surface area contributed by atoms with Crippen molar-refractivity contribution < 1.29 is 14.3 Å². The van der Waals surface area contributed by atoms with Crippen molar-refractivity contribution in [1.29, 1.82) is 0 Å². The highest BCUT2D eigenvalue weighted by atomic mass is 16.7. The number of pyridine rings is 2. The number of H-pyrrole nitrogens is 1. The number of rotatable bonds is 4.